The van der Waals surface area contributed by atoms with Gasteiger partial charge in [0.15, 0.2) is 0 Å². The first-order chi connectivity index (χ1) is 14.9. The largest absolute Gasteiger partial charge is 0.489 e. The number of imide groups is 1. The van der Waals surface area contributed by atoms with Crippen LogP contribution in [0, 0.1) is 10.1 Å². The molecule has 1 aliphatic heterocycles. The number of thioether (sulfide) groups is 1. The molecule has 1 saturated heterocycles. The molecule has 2 amide bonds. The molecule has 1 aliphatic rings. The van der Waals surface area contributed by atoms with E-state index in [0.29, 0.717) is 16.9 Å². The molecule has 0 N–H and O–H groups in total. The Morgan fingerprint density at radius 3 is 2.61 bits per heavy atom. The second-order valence-electron chi connectivity index (χ2n) is 6.36. The summed E-state index contributed by atoms with van der Waals surface area (Å²) in [6.45, 7) is 1.55. The second kappa shape index (κ2) is 9.90. The number of carbonyl (C=O) groups is 3. The lowest BCUT2D eigenvalue weighted by atomic mass is 10.2. The lowest BCUT2D eigenvalue weighted by Gasteiger charge is -2.10. The van der Waals surface area contributed by atoms with Crippen LogP contribution in [0.15, 0.2) is 53.4 Å². The fourth-order valence-corrected chi connectivity index (χ4v) is 3.55. The highest BCUT2D eigenvalue weighted by molar-refractivity contribution is 8.18. The molecule has 0 saturated carbocycles. The zero-order chi connectivity index (χ0) is 22.4. The van der Waals surface area contributed by atoms with Gasteiger partial charge in [-0.05, 0) is 48.0 Å². The first kappa shape index (κ1) is 22.0. The summed E-state index contributed by atoms with van der Waals surface area (Å²) < 4.78 is 10.4. The fourth-order valence-electron chi connectivity index (χ4n) is 2.71. The molecule has 0 radical (unpaired) electrons. The molecule has 0 bridgehead atoms. The zero-order valence-electron chi connectivity index (χ0n) is 16.5. The number of rotatable bonds is 8. The number of carbonyl (C=O) groups excluding carboxylic acids is 3. The van der Waals surface area contributed by atoms with Crippen molar-refractivity contribution in [2.24, 2.45) is 0 Å². The van der Waals surface area contributed by atoms with E-state index in [9.17, 15) is 24.5 Å². The van der Waals surface area contributed by atoms with Gasteiger partial charge in [0.25, 0.3) is 16.8 Å². The average molecular weight is 442 g/mol. The maximum Gasteiger partial charge on any atom is 0.326 e. The molecule has 0 unspecified atom stereocenters. The molecule has 160 valence electrons. The van der Waals surface area contributed by atoms with Crippen molar-refractivity contribution < 1.29 is 28.8 Å². The Morgan fingerprint density at radius 2 is 1.94 bits per heavy atom. The summed E-state index contributed by atoms with van der Waals surface area (Å²) in [6, 6.07) is 13.0. The van der Waals surface area contributed by atoms with Crippen molar-refractivity contribution in [1.29, 1.82) is 0 Å². The zero-order valence-corrected chi connectivity index (χ0v) is 17.3. The van der Waals surface area contributed by atoms with E-state index in [4.69, 9.17) is 9.47 Å². The molecular weight excluding hydrogens is 424 g/mol. The maximum absolute atomic E-state index is 12.4. The van der Waals surface area contributed by atoms with Gasteiger partial charge in [0.05, 0.1) is 16.4 Å². The summed E-state index contributed by atoms with van der Waals surface area (Å²) in [4.78, 5) is 47.4. The van der Waals surface area contributed by atoms with Gasteiger partial charge in [0.1, 0.15) is 18.9 Å². The van der Waals surface area contributed by atoms with Crippen LogP contribution in [0.1, 0.15) is 18.1 Å². The van der Waals surface area contributed by atoms with E-state index in [0.717, 1.165) is 16.7 Å². The van der Waals surface area contributed by atoms with Gasteiger partial charge >= 0.3 is 5.97 Å². The fraction of sp³-hybridized carbons (Fsp3) is 0.190. The summed E-state index contributed by atoms with van der Waals surface area (Å²) in [6.07, 6.45) is 1.56. The molecule has 31 heavy (non-hydrogen) atoms. The Bertz CT molecular complexity index is 1050. The molecule has 10 heteroatoms. The maximum atomic E-state index is 12.4. The number of hydrogen-bond donors (Lipinski definition) is 0. The lowest BCUT2D eigenvalue weighted by Crippen LogP contribution is -2.34. The molecule has 1 fully saturated rings. The van der Waals surface area contributed by atoms with Crippen LogP contribution in [0.25, 0.3) is 6.08 Å². The van der Waals surface area contributed by atoms with E-state index in [1.54, 1.807) is 49.4 Å². The summed E-state index contributed by atoms with van der Waals surface area (Å²) in [5, 5.41) is 10.3. The summed E-state index contributed by atoms with van der Waals surface area (Å²) in [5.41, 5.74) is 1.33. The number of nitrogens with zero attached hydrogens (tertiary/aromatic N) is 2. The van der Waals surface area contributed by atoms with E-state index in [1.165, 1.54) is 12.1 Å². The van der Waals surface area contributed by atoms with Gasteiger partial charge in [-0.3, -0.25) is 29.4 Å². The highest BCUT2D eigenvalue weighted by Gasteiger charge is 2.36. The molecular formula is C21H18N2O7S. The van der Waals surface area contributed by atoms with Crippen molar-refractivity contribution in [2.75, 3.05) is 13.2 Å². The van der Waals surface area contributed by atoms with Crippen molar-refractivity contribution in [3.63, 3.8) is 0 Å². The van der Waals surface area contributed by atoms with Crippen LogP contribution in [-0.4, -0.2) is 40.1 Å². The third kappa shape index (κ3) is 5.70. The lowest BCUT2D eigenvalue weighted by molar-refractivity contribution is -0.384. The normalized spacial score (nSPS) is 14.7. The number of amides is 2. The number of benzene rings is 2. The first-order valence-electron chi connectivity index (χ1n) is 9.24. The number of ether oxygens (including phenoxy) is 2. The molecule has 2 aromatic carbocycles. The number of non-ortho nitro benzene ring substituents is 1. The Hall–Kier alpha value is -3.66. The topological polar surface area (TPSA) is 116 Å². The number of nitro groups is 1. The minimum absolute atomic E-state index is 0.00616. The van der Waals surface area contributed by atoms with Crippen LogP contribution >= 0.6 is 11.8 Å². The quantitative estimate of drug-likeness (QED) is 0.262. The molecule has 1 heterocycles. The van der Waals surface area contributed by atoms with Gasteiger partial charge < -0.3 is 9.47 Å². The Morgan fingerprint density at radius 1 is 1.19 bits per heavy atom. The summed E-state index contributed by atoms with van der Waals surface area (Å²) in [7, 11) is 0. The molecule has 2 aromatic rings. The molecule has 0 aliphatic carbocycles. The third-order valence-electron chi connectivity index (χ3n) is 4.17. The Labute approximate surface area is 181 Å². The molecule has 3 rings (SSSR count). The van der Waals surface area contributed by atoms with Gasteiger partial charge in [0.2, 0.25) is 0 Å². The molecule has 0 atom stereocenters. The van der Waals surface area contributed by atoms with Crippen molar-refractivity contribution in [1.82, 2.24) is 4.90 Å². The third-order valence-corrected chi connectivity index (χ3v) is 5.08. The highest BCUT2D eigenvalue weighted by Crippen LogP contribution is 2.32. The van der Waals surface area contributed by atoms with Gasteiger partial charge in [-0.25, -0.2) is 0 Å². The smallest absolute Gasteiger partial charge is 0.326 e. The average Bonchev–Trinajstić information content (AvgIpc) is 3.01. The van der Waals surface area contributed by atoms with Crippen LogP contribution in [0.4, 0.5) is 10.5 Å². The SMILES string of the molecule is CCOC(=O)CN1C(=O)S/C(=C\c2ccc(OCc3cccc([N+](=O)[O-])c3)cc2)C1=O. The standard InChI is InChI=1S/C21H18N2O7S/c1-2-29-19(24)12-22-20(25)18(31-21(22)26)11-14-6-8-17(9-7-14)30-13-15-4-3-5-16(10-15)23(27)28/h3-11H,2,12-13H2,1H3/b18-11-. The minimum atomic E-state index is -0.642. The molecule has 0 aromatic heterocycles. The predicted octanol–water partition coefficient (Wildman–Crippen LogP) is 3.77. The van der Waals surface area contributed by atoms with Crippen molar-refractivity contribution in [3.8, 4) is 5.75 Å². The summed E-state index contributed by atoms with van der Waals surface area (Å²) in [5.74, 6) is -0.649. The van der Waals surface area contributed by atoms with E-state index < -0.39 is 28.6 Å². The number of esters is 1. The monoisotopic (exact) mass is 442 g/mol. The first-order valence-corrected chi connectivity index (χ1v) is 10.1. The van der Waals surface area contributed by atoms with Gasteiger partial charge in [-0.1, -0.05) is 24.3 Å². The van der Waals surface area contributed by atoms with Crippen LogP contribution in [0.2, 0.25) is 0 Å². The molecule has 9 nitrogen and oxygen atoms in total. The Kier molecular flexibility index (Phi) is 7.03. The van der Waals surface area contributed by atoms with Crippen LogP contribution in [0.3, 0.4) is 0 Å². The van der Waals surface area contributed by atoms with E-state index in [2.05, 4.69) is 0 Å². The van der Waals surface area contributed by atoms with Crippen molar-refractivity contribution in [3.05, 3.63) is 74.7 Å². The van der Waals surface area contributed by atoms with Crippen molar-refractivity contribution in [2.45, 2.75) is 13.5 Å². The Balaban J connectivity index is 1.62. The highest BCUT2D eigenvalue weighted by atomic mass is 32.2. The second-order valence-corrected chi connectivity index (χ2v) is 7.35. The van der Waals surface area contributed by atoms with Gasteiger partial charge in [-0.2, -0.15) is 0 Å². The number of nitro benzene ring substituents is 1. The van der Waals surface area contributed by atoms with Gasteiger partial charge in [0, 0.05) is 12.1 Å². The van der Waals surface area contributed by atoms with Crippen LogP contribution in [0.5, 0.6) is 5.75 Å². The van der Waals surface area contributed by atoms with Crippen molar-refractivity contribution >= 4 is 40.6 Å². The number of hydrogen-bond acceptors (Lipinski definition) is 8. The predicted molar refractivity (Wildman–Crippen MR) is 113 cm³/mol. The summed E-state index contributed by atoms with van der Waals surface area (Å²) >= 11 is 0.757. The van der Waals surface area contributed by atoms with Gasteiger partial charge in [-0.15, -0.1) is 0 Å². The van der Waals surface area contributed by atoms with Crippen LogP contribution < -0.4 is 4.74 Å². The van der Waals surface area contributed by atoms with E-state index in [-0.39, 0.29) is 23.8 Å². The van der Waals surface area contributed by atoms with E-state index >= 15 is 0 Å². The van der Waals surface area contributed by atoms with Crippen LogP contribution in [-0.2, 0) is 20.9 Å². The van der Waals surface area contributed by atoms with E-state index in [1.807, 2.05) is 0 Å². The molecule has 0 spiro atoms. The minimum Gasteiger partial charge on any atom is -0.489 e.